The lowest BCUT2D eigenvalue weighted by molar-refractivity contribution is 0.504. The molecule has 0 aliphatic rings. The van der Waals surface area contributed by atoms with Crippen LogP contribution in [0.2, 0.25) is 0 Å². The molecule has 0 amide bonds. The van der Waals surface area contributed by atoms with E-state index in [1.807, 2.05) is 0 Å². The molecule has 3 nitrogen and oxygen atoms in total. The Balaban J connectivity index is 3.00. The van der Waals surface area contributed by atoms with E-state index >= 15 is 0 Å². The third-order valence-electron chi connectivity index (χ3n) is 1.74. The summed E-state index contributed by atoms with van der Waals surface area (Å²) in [5, 5.41) is 0. The molecule has 1 N–H and O–H groups in total. The minimum Gasteiger partial charge on any atom is -0.211 e. The van der Waals surface area contributed by atoms with Crippen molar-refractivity contribution in [2.45, 2.75) is 18.2 Å². The van der Waals surface area contributed by atoms with Crippen LogP contribution in [0, 0.1) is 11.6 Å². The van der Waals surface area contributed by atoms with Crippen molar-refractivity contribution < 1.29 is 17.2 Å². The fourth-order valence-corrected chi connectivity index (χ4v) is 2.11. The molecule has 15 heavy (non-hydrogen) atoms. The zero-order chi connectivity index (χ0) is 11.5. The van der Waals surface area contributed by atoms with Crippen molar-refractivity contribution in [2.75, 3.05) is 6.54 Å². The number of hydrogen-bond acceptors (Lipinski definition) is 2. The quantitative estimate of drug-likeness (QED) is 0.862. The molecule has 0 aromatic heterocycles. The molecule has 84 valence electrons. The van der Waals surface area contributed by atoms with Crippen molar-refractivity contribution >= 4 is 10.0 Å². The van der Waals surface area contributed by atoms with Gasteiger partial charge in [-0.1, -0.05) is 6.92 Å². The van der Waals surface area contributed by atoms with Crippen molar-refractivity contribution in [1.29, 1.82) is 0 Å². The van der Waals surface area contributed by atoms with Gasteiger partial charge in [-0.3, -0.25) is 0 Å². The Hall–Kier alpha value is -1.01. The second-order valence-corrected chi connectivity index (χ2v) is 4.74. The number of rotatable bonds is 4. The third-order valence-corrected chi connectivity index (χ3v) is 3.20. The van der Waals surface area contributed by atoms with Gasteiger partial charge < -0.3 is 0 Å². The topological polar surface area (TPSA) is 46.2 Å². The first kappa shape index (κ1) is 12.1. The molecule has 0 saturated carbocycles. The van der Waals surface area contributed by atoms with E-state index in [0.717, 1.165) is 12.1 Å². The van der Waals surface area contributed by atoms with E-state index in [-0.39, 0.29) is 11.4 Å². The fourth-order valence-electron chi connectivity index (χ4n) is 0.964. The molecule has 0 aliphatic heterocycles. The van der Waals surface area contributed by atoms with Crippen LogP contribution in [0.25, 0.3) is 0 Å². The predicted octanol–water partition coefficient (Wildman–Crippen LogP) is 1.65. The van der Waals surface area contributed by atoms with Crippen LogP contribution in [-0.4, -0.2) is 15.0 Å². The Kier molecular flexibility index (Phi) is 3.76. The standard InChI is InChI=1S/C9H11F2NO2S/c1-2-5-12-15(13,14)7-3-4-8(10)9(11)6-7/h3-4,6,12H,2,5H2,1H3. The lowest BCUT2D eigenvalue weighted by Gasteiger charge is -2.05. The van der Waals surface area contributed by atoms with Gasteiger partial charge in [0.05, 0.1) is 4.90 Å². The average molecular weight is 235 g/mol. The zero-order valence-electron chi connectivity index (χ0n) is 8.13. The van der Waals surface area contributed by atoms with Gasteiger partial charge in [-0.15, -0.1) is 0 Å². The van der Waals surface area contributed by atoms with Crippen LogP contribution in [0.1, 0.15) is 13.3 Å². The molecule has 6 heteroatoms. The second-order valence-electron chi connectivity index (χ2n) is 2.97. The highest BCUT2D eigenvalue weighted by atomic mass is 32.2. The molecule has 0 aliphatic carbocycles. The molecule has 0 heterocycles. The fraction of sp³-hybridized carbons (Fsp3) is 0.333. The van der Waals surface area contributed by atoms with E-state index in [1.54, 1.807) is 6.92 Å². The van der Waals surface area contributed by atoms with Crippen LogP contribution in [0.4, 0.5) is 8.78 Å². The van der Waals surface area contributed by atoms with E-state index in [9.17, 15) is 17.2 Å². The highest BCUT2D eigenvalue weighted by Crippen LogP contribution is 2.13. The summed E-state index contributed by atoms with van der Waals surface area (Å²) in [6.45, 7) is 2.06. The smallest absolute Gasteiger partial charge is 0.211 e. The second kappa shape index (κ2) is 4.67. The summed E-state index contributed by atoms with van der Waals surface area (Å²) in [5.41, 5.74) is 0. The van der Waals surface area contributed by atoms with Gasteiger partial charge >= 0.3 is 0 Å². The van der Waals surface area contributed by atoms with E-state index in [0.29, 0.717) is 12.5 Å². The summed E-state index contributed by atoms with van der Waals surface area (Å²) in [6.07, 6.45) is 0.628. The molecule has 0 radical (unpaired) electrons. The van der Waals surface area contributed by atoms with Gasteiger partial charge in [-0.05, 0) is 24.6 Å². The molecule has 0 spiro atoms. The summed E-state index contributed by atoms with van der Waals surface area (Å²) in [6, 6.07) is 2.47. The summed E-state index contributed by atoms with van der Waals surface area (Å²) in [5.74, 6) is -2.24. The van der Waals surface area contributed by atoms with Crippen LogP contribution >= 0.6 is 0 Å². The largest absolute Gasteiger partial charge is 0.240 e. The molecule has 0 atom stereocenters. The van der Waals surface area contributed by atoms with E-state index in [4.69, 9.17) is 0 Å². The molecule has 0 fully saturated rings. The lowest BCUT2D eigenvalue weighted by atomic mass is 10.3. The van der Waals surface area contributed by atoms with Crippen LogP contribution in [0.3, 0.4) is 0 Å². The number of sulfonamides is 1. The predicted molar refractivity (Wildman–Crippen MR) is 51.8 cm³/mol. The first-order valence-electron chi connectivity index (χ1n) is 4.42. The maximum absolute atomic E-state index is 12.8. The molecule has 1 rings (SSSR count). The first-order chi connectivity index (χ1) is 6.97. The zero-order valence-corrected chi connectivity index (χ0v) is 8.94. The molecule has 1 aromatic rings. The van der Waals surface area contributed by atoms with E-state index in [2.05, 4.69) is 4.72 Å². The number of nitrogens with one attached hydrogen (secondary N) is 1. The van der Waals surface area contributed by atoms with Crippen molar-refractivity contribution in [2.24, 2.45) is 0 Å². The van der Waals surface area contributed by atoms with Gasteiger partial charge in [0.1, 0.15) is 0 Å². The lowest BCUT2D eigenvalue weighted by Crippen LogP contribution is -2.24. The van der Waals surface area contributed by atoms with Crippen molar-refractivity contribution in [3.63, 3.8) is 0 Å². The van der Waals surface area contributed by atoms with Gasteiger partial charge in [0.2, 0.25) is 10.0 Å². The minimum atomic E-state index is -3.72. The number of benzene rings is 1. The highest BCUT2D eigenvalue weighted by molar-refractivity contribution is 7.89. The maximum Gasteiger partial charge on any atom is 0.240 e. The van der Waals surface area contributed by atoms with Gasteiger partial charge in [-0.2, -0.15) is 0 Å². The van der Waals surface area contributed by atoms with Gasteiger partial charge in [-0.25, -0.2) is 21.9 Å². The Bertz CT molecular complexity index is 445. The van der Waals surface area contributed by atoms with Crippen LogP contribution < -0.4 is 4.72 Å². The monoisotopic (exact) mass is 235 g/mol. The summed E-state index contributed by atoms with van der Waals surface area (Å²) in [7, 11) is -3.72. The van der Waals surface area contributed by atoms with E-state index < -0.39 is 21.7 Å². The van der Waals surface area contributed by atoms with Gasteiger partial charge in [0.15, 0.2) is 11.6 Å². The van der Waals surface area contributed by atoms with Crippen LogP contribution in [-0.2, 0) is 10.0 Å². The Morgan fingerprint density at radius 2 is 1.93 bits per heavy atom. The SMILES string of the molecule is CCCNS(=O)(=O)c1ccc(F)c(F)c1. The molecule has 0 saturated heterocycles. The van der Waals surface area contributed by atoms with E-state index in [1.165, 1.54) is 0 Å². The van der Waals surface area contributed by atoms with Crippen LogP contribution in [0.5, 0.6) is 0 Å². The van der Waals surface area contributed by atoms with Gasteiger partial charge in [0.25, 0.3) is 0 Å². The minimum absolute atomic E-state index is 0.265. The number of halogens is 2. The van der Waals surface area contributed by atoms with Crippen molar-refractivity contribution in [3.8, 4) is 0 Å². The Morgan fingerprint density at radius 1 is 1.27 bits per heavy atom. The first-order valence-corrected chi connectivity index (χ1v) is 5.90. The van der Waals surface area contributed by atoms with Gasteiger partial charge in [0, 0.05) is 6.54 Å². The van der Waals surface area contributed by atoms with Crippen molar-refractivity contribution in [1.82, 2.24) is 4.72 Å². The summed E-state index contributed by atoms with van der Waals surface area (Å²) < 4.78 is 50.5. The molecule has 0 bridgehead atoms. The van der Waals surface area contributed by atoms with Crippen molar-refractivity contribution in [3.05, 3.63) is 29.8 Å². The Labute approximate surface area is 87.2 Å². The number of hydrogen-bond donors (Lipinski definition) is 1. The molecule has 1 aromatic carbocycles. The average Bonchev–Trinajstić information content (AvgIpc) is 2.19. The molecular weight excluding hydrogens is 224 g/mol. The highest BCUT2D eigenvalue weighted by Gasteiger charge is 2.15. The molecule has 0 unspecified atom stereocenters. The Morgan fingerprint density at radius 3 is 2.47 bits per heavy atom. The summed E-state index contributed by atoms with van der Waals surface area (Å²) in [4.78, 5) is -0.269. The summed E-state index contributed by atoms with van der Waals surface area (Å²) >= 11 is 0. The van der Waals surface area contributed by atoms with Crippen LogP contribution in [0.15, 0.2) is 23.1 Å². The third kappa shape index (κ3) is 2.97. The molecular formula is C9H11F2NO2S. The normalized spacial score (nSPS) is 11.7. The maximum atomic E-state index is 12.8.